The molecule has 13 heteroatoms. The van der Waals surface area contributed by atoms with Crippen LogP contribution in [0, 0.1) is 11.6 Å². The first-order valence-corrected chi connectivity index (χ1v) is 14.5. The highest BCUT2D eigenvalue weighted by Crippen LogP contribution is 2.50. The highest BCUT2D eigenvalue weighted by Gasteiger charge is 2.46. The number of thiazole rings is 1. The second-order valence-corrected chi connectivity index (χ2v) is 11.1. The fourth-order valence-corrected chi connectivity index (χ4v) is 7.12. The average molecular weight is 607 g/mol. The minimum absolute atomic E-state index is 0.0438. The first kappa shape index (κ1) is 27.1. The molecule has 4 heterocycles. The van der Waals surface area contributed by atoms with E-state index in [1.165, 1.54) is 23.6 Å². The van der Waals surface area contributed by atoms with Gasteiger partial charge in [0.25, 0.3) is 5.91 Å². The number of amides is 1. The number of halogens is 2. The van der Waals surface area contributed by atoms with Gasteiger partial charge in [0.2, 0.25) is 18.0 Å². The number of nitrogens with zero attached hydrogens (tertiary/aromatic N) is 4. The Morgan fingerprint density at radius 1 is 1.09 bits per heavy atom. The summed E-state index contributed by atoms with van der Waals surface area (Å²) < 4.78 is 47.1. The standard InChI is InChI=1S/C30H24F2N4O6S/c1-40-30(39)42-15-41-27-20(37)11-13-35-26(27)29(38)34-12-5-4-8-21(34)36(35)25-16-6-2-3-7-17(16)28-24(33-14-43-28)22-18(25)9-10-19(31)23(22)32/h2-3,6-7,9-11,13-14,21,25H,4-5,8,12,15H2,1H3/t21-,25-/m1/s1. The van der Waals surface area contributed by atoms with Crippen molar-refractivity contribution in [3.8, 4) is 27.4 Å². The molecule has 1 amide bonds. The number of rotatable bonds is 4. The monoisotopic (exact) mass is 606 g/mol. The van der Waals surface area contributed by atoms with E-state index in [1.807, 2.05) is 29.3 Å². The van der Waals surface area contributed by atoms with E-state index in [0.717, 1.165) is 37.1 Å². The Morgan fingerprint density at radius 2 is 1.93 bits per heavy atom. The van der Waals surface area contributed by atoms with Crippen LogP contribution in [0.5, 0.6) is 5.75 Å². The first-order valence-electron chi connectivity index (χ1n) is 13.6. The molecule has 4 aromatic rings. The van der Waals surface area contributed by atoms with E-state index >= 15 is 4.39 Å². The number of carbonyl (C=O) groups is 2. The SMILES string of the molecule is COC(=O)OCOc1c2n(ccc1=O)N([C@@H]1c3ccccc3-c3scnc3-c3c1ccc(F)c3F)[C@@H]1CCCCN1C2=O. The lowest BCUT2D eigenvalue weighted by molar-refractivity contribution is 0.0126. The van der Waals surface area contributed by atoms with Crippen LogP contribution in [0.15, 0.2) is 59.0 Å². The summed E-state index contributed by atoms with van der Waals surface area (Å²) in [6.07, 6.45) is 2.14. The third kappa shape index (κ3) is 4.17. The predicted octanol–water partition coefficient (Wildman–Crippen LogP) is 5.04. The van der Waals surface area contributed by atoms with Crippen LogP contribution in [0.25, 0.3) is 21.7 Å². The average Bonchev–Trinajstić information content (AvgIpc) is 3.47. The molecule has 220 valence electrons. The molecule has 2 aromatic carbocycles. The Hall–Kier alpha value is -4.78. The zero-order chi connectivity index (χ0) is 29.8. The summed E-state index contributed by atoms with van der Waals surface area (Å²) in [5.41, 5.74) is 3.37. The van der Waals surface area contributed by atoms with Crippen molar-refractivity contribution in [3.05, 3.63) is 92.9 Å². The maximum atomic E-state index is 15.8. The Morgan fingerprint density at radius 3 is 2.77 bits per heavy atom. The lowest BCUT2D eigenvalue weighted by atomic mass is 9.91. The molecular weight excluding hydrogens is 582 g/mol. The van der Waals surface area contributed by atoms with Crippen LogP contribution in [0.1, 0.15) is 46.9 Å². The summed E-state index contributed by atoms with van der Waals surface area (Å²) in [6.45, 7) is -0.254. The van der Waals surface area contributed by atoms with Crippen LogP contribution in [0.4, 0.5) is 13.6 Å². The summed E-state index contributed by atoms with van der Waals surface area (Å²) in [5, 5.41) is 1.93. The van der Waals surface area contributed by atoms with Gasteiger partial charge < -0.3 is 19.1 Å². The lowest BCUT2D eigenvalue weighted by Gasteiger charge is -2.52. The number of benzene rings is 2. The van der Waals surface area contributed by atoms with Gasteiger partial charge in [0.15, 0.2) is 17.3 Å². The van der Waals surface area contributed by atoms with Crippen LogP contribution in [0.2, 0.25) is 0 Å². The molecule has 1 saturated heterocycles. The van der Waals surface area contributed by atoms with Gasteiger partial charge in [-0.1, -0.05) is 30.3 Å². The molecule has 0 unspecified atom stereocenters. The molecule has 1 aliphatic carbocycles. The van der Waals surface area contributed by atoms with Crippen LogP contribution in [0.3, 0.4) is 0 Å². The highest BCUT2D eigenvalue weighted by molar-refractivity contribution is 7.13. The topological polar surface area (TPSA) is 103 Å². The van der Waals surface area contributed by atoms with E-state index in [2.05, 4.69) is 9.72 Å². The Kier molecular flexibility index (Phi) is 6.61. The van der Waals surface area contributed by atoms with E-state index in [1.54, 1.807) is 21.2 Å². The second kappa shape index (κ2) is 10.5. The lowest BCUT2D eigenvalue weighted by Crippen LogP contribution is -2.63. The Labute approximate surface area is 247 Å². The molecule has 0 radical (unpaired) electrons. The van der Waals surface area contributed by atoms with Gasteiger partial charge in [-0.15, -0.1) is 11.3 Å². The molecule has 2 atom stereocenters. The molecule has 2 aromatic heterocycles. The number of piperidine rings is 1. The number of hydrogen-bond donors (Lipinski definition) is 0. The number of methoxy groups -OCH3 is 1. The zero-order valence-electron chi connectivity index (χ0n) is 22.8. The fraction of sp³-hybridized carbons (Fsp3) is 0.267. The van der Waals surface area contributed by atoms with Gasteiger partial charge in [0.1, 0.15) is 6.17 Å². The van der Waals surface area contributed by atoms with Crippen molar-refractivity contribution in [1.82, 2.24) is 14.6 Å². The second-order valence-electron chi connectivity index (χ2n) is 10.3. The molecule has 7 rings (SSSR count). The molecule has 43 heavy (non-hydrogen) atoms. The third-order valence-corrected chi connectivity index (χ3v) is 8.92. The largest absolute Gasteiger partial charge is 0.510 e. The van der Waals surface area contributed by atoms with E-state index in [-0.39, 0.29) is 17.0 Å². The molecule has 0 bridgehead atoms. The zero-order valence-corrected chi connectivity index (χ0v) is 23.6. The quantitative estimate of drug-likeness (QED) is 0.235. The number of hydrogen-bond acceptors (Lipinski definition) is 9. The summed E-state index contributed by atoms with van der Waals surface area (Å²) in [4.78, 5) is 45.4. The Bertz CT molecular complexity index is 1840. The van der Waals surface area contributed by atoms with Gasteiger partial charge in [-0.3, -0.25) is 19.3 Å². The number of carbonyl (C=O) groups excluding carboxylic acids is 2. The van der Waals surface area contributed by atoms with Crippen molar-refractivity contribution in [1.29, 1.82) is 0 Å². The van der Waals surface area contributed by atoms with Crippen LogP contribution < -0.4 is 15.2 Å². The van der Waals surface area contributed by atoms with E-state index in [0.29, 0.717) is 29.1 Å². The first-order chi connectivity index (χ1) is 20.9. The van der Waals surface area contributed by atoms with Crippen molar-refractivity contribution in [2.75, 3.05) is 25.5 Å². The molecule has 3 aliphatic rings. The summed E-state index contributed by atoms with van der Waals surface area (Å²) in [6, 6.07) is 10.8. The minimum Gasteiger partial charge on any atom is -0.451 e. The number of ether oxygens (including phenoxy) is 3. The van der Waals surface area contributed by atoms with Crippen LogP contribution >= 0.6 is 11.3 Å². The smallest absolute Gasteiger partial charge is 0.451 e. The van der Waals surface area contributed by atoms with Crippen LogP contribution in [-0.4, -0.2) is 53.2 Å². The van der Waals surface area contributed by atoms with Gasteiger partial charge in [-0.05, 0) is 42.0 Å². The predicted molar refractivity (Wildman–Crippen MR) is 151 cm³/mol. The van der Waals surface area contributed by atoms with Gasteiger partial charge in [-0.2, -0.15) is 0 Å². The molecular formula is C30H24F2N4O6S. The van der Waals surface area contributed by atoms with E-state index in [4.69, 9.17) is 9.47 Å². The van der Waals surface area contributed by atoms with Gasteiger partial charge in [-0.25, -0.2) is 18.6 Å². The number of pyridine rings is 1. The molecule has 10 nitrogen and oxygen atoms in total. The summed E-state index contributed by atoms with van der Waals surface area (Å²) >= 11 is 1.33. The molecule has 0 saturated carbocycles. The number of fused-ring (bicyclic) bond motifs is 7. The highest BCUT2D eigenvalue weighted by atomic mass is 32.1. The summed E-state index contributed by atoms with van der Waals surface area (Å²) in [7, 11) is 1.13. The Balaban J connectivity index is 1.49. The van der Waals surface area contributed by atoms with Crippen molar-refractivity contribution >= 4 is 23.4 Å². The molecule has 2 aliphatic heterocycles. The van der Waals surface area contributed by atoms with Gasteiger partial charge in [0, 0.05) is 24.4 Å². The number of aromatic nitrogens is 2. The normalized spacial score (nSPS) is 18.4. The minimum atomic E-state index is -1.02. The molecule has 0 N–H and O–H groups in total. The fourth-order valence-electron chi connectivity index (χ4n) is 6.28. The van der Waals surface area contributed by atoms with Crippen molar-refractivity contribution in [2.24, 2.45) is 0 Å². The van der Waals surface area contributed by atoms with Gasteiger partial charge in [0.05, 0.1) is 29.2 Å². The van der Waals surface area contributed by atoms with Crippen molar-refractivity contribution in [3.63, 3.8) is 0 Å². The van der Waals surface area contributed by atoms with E-state index < -0.39 is 48.1 Å². The van der Waals surface area contributed by atoms with Crippen molar-refractivity contribution in [2.45, 2.75) is 31.5 Å². The van der Waals surface area contributed by atoms with Crippen LogP contribution in [-0.2, 0) is 9.47 Å². The van der Waals surface area contributed by atoms with E-state index in [9.17, 15) is 18.8 Å². The third-order valence-electron chi connectivity index (χ3n) is 8.06. The van der Waals surface area contributed by atoms with Gasteiger partial charge >= 0.3 is 6.16 Å². The molecule has 1 fully saturated rings. The molecule has 0 spiro atoms. The maximum absolute atomic E-state index is 15.8. The van der Waals surface area contributed by atoms with Crippen molar-refractivity contribution < 1.29 is 32.6 Å². The summed E-state index contributed by atoms with van der Waals surface area (Å²) in [5.74, 6) is -2.75. The maximum Gasteiger partial charge on any atom is 0.510 e.